The van der Waals surface area contributed by atoms with Gasteiger partial charge in [0, 0.05) is 36.8 Å². The van der Waals surface area contributed by atoms with E-state index in [0.717, 1.165) is 12.8 Å². The van der Waals surface area contributed by atoms with E-state index in [1.807, 2.05) is 0 Å². The van der Waals surface area contributed by atoms with Crippen molar-refractivity contribution >= 4 is 23.4 Å². The molecule has 1 aromatic carbocycles. The van der Waals surface area contributed by atoms with Crippen molar-refractivity contribution in [2.45, 2.75) is 37.8 Å². The van der Waals surface area contributed by atoms with E-state index < -0.39 is 4.92 Å². The number of carbonyl (C=O) groups excluding carboxylic acids is 2. The van der Waals surface area contributed by atoms with Crippen molar-refractivity contribution in [3.63, 3.8) is 0 Å². The molecular formula is C17H22N4O5. The van der Waals surface area contributed by atoms with Gasteiger partial charge in [-0.25, -0.2) is 4.79 Å². The van der Waals surface area contributed by atoms with Gasteiger partial charge in [-0.3, -0.25) is 14.9 Å². The molecule has 1 aliphatic carbocycles. The maximum absolute atomic E-state index is 12.4. The first-order valence-corrected chi connectivity index (χ1v) is 8.66. The molecule has 1 aromatic rings. The lowest BCUT2D eigenvalue weighted by Gasteiger charge is -2.31. The van der Waals surface area contributed by atoms with E-state index in [-0.39, 0.29) is 35.3 Å². The first kappa shape index (κ1) is 18.0. The molecule has 26 heavy (non-hydrogen) atoms. The third kappa shape index (κ3) is 4.22. The molecule has 0 atom stereocenters. The Morgan fingerprint density at radius 3 is 2.46 bits per heavy atom. The van der Waals surface area contributed by atoms with E-state index >= 15 is 0 Å². The second-order valence-corrected chi connectivity index (χ2v) is 6.61. The predicted octanol–water partition coefficient (Wildman–Crippen LogP) is 2.13. The number of nitrogens with one attached hydrogen (secondary N) is 2. The summed E-state index contributed by atoms with van der Waals surface area (Å²) in [6.45, 7) is 1.00. The van der Waals surface area contributed by atoms with Crippen LogP contribution in [0.2, 0.25) is 0 Å². The van der Waals surface area contributed by atoms with Crippen LogP contribution in [0.4, 0.5) is 16.2 Å². The van der Waals surface area contributed by atoms with Gasteiger partial charge in [0.15, 0.2) is 0 Å². The summed E-state index contributed by atoms with van der Waals surface area (Å²) in [6.07, 6.45) is 2.87. The van der Waals surface area contributed by atoms with Crippen LogP contribution in [0.3, 0.4) is 0 Å². The number of ether oxygens (including phenoxy) is 1. The number of amides is 2. The smallest absolute Gasteiger partial charge is 0.409 e. The molecule has 0 spiro atoms. The Morgan fingerprint density at radius 2 is 1.88 bits per heavy atom. The minimum Gasteiger partial charge on any atom is -0.453 e. The van der Waals surface area contributed by atoms with Gasteiger partial charge in [0.05, 0.1) is 12.0 Å². The Bertz CT molecular complexity index is 711. The summed E-state index contributed by atoms with van der Waals surface area (Å²) in [6, 6.07) is 4.70. The number of piperidine rings is 1. The van der Waals surface area contributed by atoms with E-state index in [2.05, 4.69) is 15.4 Å². The average molecular weight is 362 g/mol. The van der Waals surface area contributed by atoms with Crippen LogP contribution in [0.15, 0.2) is 18.2 Å². The molecule has 1 aliphatic heterocycles. The summed E-state index contributed by atoms with van der Waals surface area (Å²) in [5.41, 5.74) is 0.610. The average Bonchev–Trinajstić information content (AvgIpc) is 3.45. The molecule has 0 unspecified atom stereocenters. The van der Waals surface area contributed by atoms with Gasteiger partial charge in [-0.2, -0.15) is 0 Å². The van der Waals surface area contributed by atoms with Gasteiger partial charge in [0.25, 0.3) is 11.6 Å². The van der Waals surface area contributed by atoms with Crippen LogP contribution in [0.5, 0.6) is 0 Å². The number of nitrogens with zero attached hydrogens (tertiary/aromatic N) is 2. The van der Waals surface area contributed by atoms with Gasteiger partial charge >= 0.3 is 6.09 Å². The van der Waals surface area contributed by atoms with Crippen molar-refractivity contribution in [2.24, 2.45) is 0 Å². The van der Waals surface area contributed by atoms with Crippen molar-refractivity contribution in [1.82, 2.24) is 10.2 Å². The normalized spacial score (nSPS) is 17.5. The fourth-order valence-corrected chi connectivity index (χ4v) is 3.00. The molecule has 0 bridgehead atoms. The summed E-state index contributed by atoms with van der Waals surface area (Å²) >= 11 is 0. The van der Waals surface area contributed by atoms with Crippen LogP contribution in [-0.4, -0.2) is 54.1 Å². The van der Waals surface area contributed by atoms with E-state index in [9.17, 15) is 19.7 Å². The van der Waals surface area contributed by atoms with Crippen LogP contribution in [0.25, 0.3) is 0 Å². The number of nitro groups is 1. The lowest BCUT2D eigenvalue weighted by atomic mass is 10.0. The molecule has 1 saturated heterocycles. The number of anilines is 1. The standard InChI is InChI=1S/C17H22N4O5/c1-26-17(23)20-8-6-13(7-9-20)19-16(22)11-2-5-14(18-12-3-4-12)15(10-11)21(24)25/h2,5,10,12-13,18H,3-4,6-9H2,1H3,(H,19,22). The molecule has 9 nitrogen and oxygen atoms in total. The maximum atomic E-state index is 12.4. The number of carbonyl (C=O) groups is 2. The molecule has 0 radical (unpaired) electrons. The molecule has 1 saturated carbocycles. The molecule has 2 N–H and O–H groups in total. The molecule has 9 heteroatoms. The zero-order valence-corrected chi connectivity index (χ0v) is 14.6. The molecule has 1 heterocycles. The Morgan fingerprint density at radius 1 is 1.19 bits per heavy atom. The number of nitro benzene ring substituents is 1. The second-order valence-electron chi connectivity index (χ2n) is 6.61. The summed E-state index contributed by atoms with van der Waals surface area (Å²) in [5, 5.41) is 17.3. The van der Waals surface area contributed by atoms with E-state index in [4.69, 9.17) is 0 Å². The van der Waals surface area contributed by atoms with Crippen molar-refractivity contribution in [1.29, 1.82) is 0 Å². The Kier molecular flexibility index (Phi) is 5.24. The highest BCUT2D eigenvalue weighted by atomic mass is 16.6. The molecular weight excluding hydrogens is 340 g/mol. The van der Waals surface area contributed by atoms with Crippen molar-refractivity contribution in [3.05, 3.63) is 33.9 Å². The minimum absolute atomic E-state index is 0.0771. The van der Waals surface area contributed by atoms with Gasteiger partial charge < -0.3 is 20.3 Å². The Labute approximate surface area is 150 Å². The summed E-state index contributed by atoms with van der Waals surface area (Å²) < 4.78 is 4.68. The Hall–Kier alpha value is -2.84. The molecule has 140 valence electrons. The maximum Gasteiger partial charge on any atom is 0.409 e. The van der Waals surface area contributed by atoms with Gasteiger partial charge in [0.2, 0.25) is 0 Å². The topological polar surface area (TPSA) is 114 Å². The van der Waals surface area contributed by atoms with Gasteiger partial charge in [-0.1, -0.05) is 0 Å². The first-order chi connectivity index (χ1) is 12.5. The van der Waals surface area contributed by atoms with Crippen molar-refractivity contribution < 1.29 is 19.2 Å². The third-order valence-corrected chi connectivity index (χ3v) is 4.66. The summed E-state index contributed by atoms with van der Waals surface area (Å²) in [7, 11) is 1.34. The number of rotatable bonds is 5. The van der Waals surface area contributed by atoms with E-state index in [1.165, 1.54) is 13.2 Å². The van der Waals surface area contributed by atoms with Gasteiger partial charge in [-0.15, -0.1) is 0 Å². The molecule has 3 rings (SSSR count). The summed E-state index contributed by atoms with van der Waals surface area (Å²) in [5.74, 6) is -0.345. The van der Waals surface area contributed by atoms with Crippen LogP contribution in [-0.2, 0) is 4.74 Å². The fourth-order valence-electron chi connectivity index (χ4n) is 3.00. The minimum atomic E-state index is -0.476. The third-order valence-electron chi connectivity index (χ3n) is 4.66. The Balaban J connectivity index is 1.62. The monoisotopic (exact) mass is 362 g/mol. The largest absolute Gasteiger partial charge is 0.453 e. The number of likely N-dealkylation sites (tertiary alicyclic amines) is 1. The van der Waals surface area contributed by atoms with Crippen LogP contribution >= 0.6 is 0 Å². The number of methoxy groups -OCH3 is 1. The van der Waals surface area contributed by atoms with E-state index in [1.54, 1.807) is 17.0 Å². The highest BCUT2D eigenvalue weighted by Gasteiger charge is 2.27. The molecule has 2 amide bonds. The number of benzene rings is 1. The molecule has 2 aliphatic rings. The second kappa shape index (κ2) is 7.59. The number of hydrogen-bond acceptors (Lipinski definition) is 6. The fraction of sp³-hybridized carbons (Fsp3) is 0.529. The highest BCUT2D eigenvalue weighted by Crippen LogP contribution is 2.31. The SMILES string of the molecule is COC(=O)N1CCC(NC(=O)c2ccc(NC3CC3)c([N+](=O)[O-])c2)CC1. The van der Waals surface area contributed by atoms with Crippen LogP contribution < -0.4 is 10.6 Å². The molecule has 0 aromatic heterocycles. The molecule has 2 fully saturated rings. The van der Waals surface area contributed by atoms with E-state index in [0.29, 0.717) is 31.6 Å². The van der Waals surface area contributed by atoms with Gasteiger partial charge in [0.1, 0.15) is 5.69 Å². The van der Waals surface area contributed by atoms with Crippen molar-refractivity contribution in [3.8, 4) is 0 Å². The number of hydrogen-bond donors (Lipinski definition) is 2. The zero-order chi connectivity index (χ0) is 18.7. The van der Waals surface area contributed by atoms with Crippen LogP contribution in [0, 0.1) is 10.1 Å². The predicted molar refractivity (Wildman–Crippen MR) is 94.2 cm³/mol. The quantitative estimate of drug-likeness (QED) is 0.613. The van der Waals surface area contributed by atoms with Crippen molar-refractivity contribution in [2.75, 3.05) is 25.5 Å². The zero-order valence-electron chi connectivity index (χ0n) is 14.6. The van der Waals surface area contributed by atoms with Gasteiger partial charge in [-0.05, 0) is 37.8 Å². The lowest BCUT2D eigenvalue weighted by Crippen LogP contribution is -2.46. The summed E-state index contributed by atoms with van der Waals surface area (Å²) in [4.78, 5) is 36.3. The van der Waals surface area contributed by atoms with Crippen LogP contribution in [0.1, 0.15) is 36.0 Å². The highest BCUT2D eigenvalue weighted by molar-refractivity contribution is 5.96. The first-order valence-electron chi connectivity index (χ1n) is 8.66. The lowest BCUT2D eigenvalue weighted by molar-refractivity contribution is -0.384.